The van der Waals surface area contributed by atoms with E-state index in [4.69, 9.17) is 5.26 Å². The highest BCUT2D eigenvalue weighted by Crippen LogP contribution is 2.65. The van der Waals surface area contributed by atoms with Gasteiger partial charge in [0.25, 0.3) is 0 Å². The van der Waals surface area contributed by atoms with Crippen LogP contribution in [0.25, 0.3) is 10.9 Å². The number of carbonyl (C=O) groups is 3. The Kier molecular flexibility index (Phi) is 6.64. The van der Waals surface area contributed by atoms with Crippen molar-refractivity contribution in [1.29, 1.82) is 10.5 Å². The number of aromatic nitrogens is 2. The third-order valence-electron chi connectivity index (χ3n) is 7.68. The standard InChI is InChI=1S/C27H31N7O3/c1-26(2,3)23(33-19(35)8-9-28)25(37)34-14-17-20(27(17,4)5)22(34)24(36)32-18(11-29)16-13-30-12-15-7-6-10-31-21(15)16/h6-7,10,12-13,17-18,20,22-23H,8,14H2,1-5H3,(H,32,36)(H,33,35)/t17-,18?,20-,22-,23?/m0/s1. The molecule has 0 aromatic carbocycles. The number of fused-ring (bicyclic) bond motifs is 2. The van der Waals surface area contributed by atoms with E-state index in [0.29, 0.717) is 17.6 Å². The van der Waals surface area contributed by atoms with E-state index in [1.807, 2.05) is 26.8 Å². The van der Waals surface area contributed by atoms with Gasteiger partial charge in [-0.25, -0.2) is 0 Å². The first-order valence-corrected chi connectivity index (χ1v) is 12.3. The van der Waals surface area contributed by atoms with Crippen molar-refractivity contribution in [2.75, 3.05) is 6.54 Å². The van der Waals surface area contributed by atoms with Crippen LogP contribution in [0.1, 0.15) is 52.6 Å². The van der Waals surface area contributed by atoms with Crippen LogP contribution in [-0.4, -0.2) is 51.2 Å². The quantitative estimate of drug-likeness (QED) is 0.616. The summed E-state index contributed by atoms with van der Waals surface area (Å²) in [6, 6.07) is 4.82. The van der Waals surface area contributed by atoms with Gasteiger partial charge in [0.05, 0.1) is 17.7 Å². The van der Waals surface area contributed by atoms with E-state index in [1.54, 1.807) is 24.5 Å². The number of likely N-dealkylation sites (tertiary alicyclic amines) is 1. The fraction of sp³-hybridized carbons (Fsp3) is 0.519. The lowest BCUT2D eigenvalue weighted by Crippen LogP contribution is -2.59. The van der Waals surface area contributed by atoms with Crippen molar-refractivity contribution < 1.29 is 14.4 Å². The molecule has 0 spiro atoms. The number of nitriles is 2. The lowest BCUT2D eigenvalue weighted by atomic mass is 9.85. The van der Waals surface area contributed by atoms with Crippen LogP contribution in [0.5, 0.6) is 0 Å². The minimum absolute atomic E-state index is 0.0741. The van der Waals surface area contributed by atoms with Gasteiger partial charge in [-0.2, -0.15) is 10.5 Å². The molecule has 2 N–H and O–H groups in total. The summed E-state index contributed by atoms with van der Waals surface area (Å²) in [4.78, 5) is 49.8. The molecule has 4 rings (SSSR count). The molecule has 1 aliphatic carbocycles. The lowest BCUT2D eigenvalue weighted by molar-refractivity contribution is -0.145. The van der Waals surface area contributed by atoms with Crippen LogP contribution >= 0.6 is 0 Å². The zero-order valence-electron chi connectivity index (χ0n) is 21.6. The van der Waals surface area contributed by atoms with E-state index in [0.717, 1.165) is 5.39 Å². The van der Waals surface area contributed by atoms with Gasteiger partial charge in [0.1, 0.15) is 24.5 Å². The highest BCUT2D eigenvalue weighted by molar-refractivity contribution is 5.94. The number of nitrogens with zero attached hydrogens (tertiary/aromatic N) is 5. The zero-order valence-corrected chi connectivity index (χ0v) is 21.6. The fourth-order valence-electron chi connectivity index (χ4n) is 5.55. The summed E-state index contributed by atoms with van der Waals surface area (Å²) in [5, 5.41) is 25.1. The number of amides is 3. The van der Waals surface area contributed by atoms with Gasteiger partial charge < -0.3 is 15.5 Å². The third-order valence-corrected chi connectivity index (χ3v) is 7.68. The van der Waals surface area contributed by atoms with Crippen LogP contribution in [0.3, 0.4) is 0 Å². The van der Waals surface area contributed by atoms with Gasteiger partial charge in [0.15, 0.2) is 0 Å². The Morgan fingerprint density at radius 3 is 2.59 bits per heavy atom. The van der Waals surface area contributed by atoms with Gasteiger partial charge in [0, 0.05) is 36.1 Å². The first-order chi connectivity index (χ1) is 17.4. The molecule has 0 bridgehead atoms. The molecule has 1 saturated carbocycles. The Morgan fingerprint density at radius 2 is 1.95 bits per heavy atom. The maximum absolute atomic E-state index is 13.8. The van der Waals surface area contributed by atoms with E-state index < -0.39 is 35.4 Å². The number of hydrogen-bond donors (Lipinski definition) is 2. The van der Waals surface area contributed by atoms with Crippen molar-refractivity contribution in [1.82, 2.24) is 25.5 Å². The van der Waals surface area contributed by atoms with Gasteiger partial charge in [-0.3, -0.25) is 24.4 Å². The summed E-state index contributed by atoms with van der Waals surface area (Å²) in [6.45, 7) is 9.99. The average Bonchev–Trinajstić information content (AvgIpc) is 3.17. The van der Waals surface area contributed by atoms with Gasteiger partial charge in [0.2, 0.25) is 17.7 Å². The molecule has 2 unspecified atom stereocenters. The van der Waals surface area contributed by atoms with Gasteiger partial charge in [-0.1, -0.05) is 34.6 Å². The zero-order chi connectivity index (χ0) is 27.1. The molecule has 3 amide bonds. The second-order valence-corrected chi connectivity index (χ2v) is 11.5. The molecule has 0 radical (unpaired) electrons. The van der Waals surface area contributed by atoms with Crippen molar-refractivity contribution in [3.8, 4) is 12.1 Å². The lowest BCUT2D eigenvalue weighted by Gasteiger charge is -2.37. The van der Waals surface area contributed by atoms with Crippen LogP contribution in [0.4, 0.5) is 0 Å². The van der Waals surface area contributed by atoms with E-state index >= 15 is 0 Å². The Balaban J connectivity index is 1.62. The SMILES string of the molecule is CC(C)(C)C(NC(=O)CC#N)C(=O)N1C[C@H]2[C@@H]([C@H]1C(=O)NC(C#N)c1cncc3cccnc13)C2(C)C. The van der Waals surface area contributed by atoms with Crippen LogP contribution in [0, 0.1) is 45.3 Å². The average molecular weight is 502 g/mol. The number of pyridine rings is 2. The molecule has 2 aliphatic rings. The largest absolute Gasteiger partial charge is 0.343 e. The van der Waals surface area contributed by atoms with Crippen LogP contribution in [0.15, 0.2) is 30.7 Å². The van der Waals surface area contributed by atoms with Gasteiger partial charge in [-0.05, 0) is 34.8 Å². The fourth-order valence-corrected chi connectivity index (χ4v) is 5.55. The van der Waals surface area contributed by atoms with Crippen LogP contribution in [0.2, 0.25) is 0 Å². The molecule has 1 aliphatic heterocycles. The number of carbonyl (C=O) groups excluding carboxylic acids is 3. The van der Waals surface area contributed by atoms with Crippen molar-refractivity contribution in [3.63, 3.8) is 0 Å². The summed E-state index contributed by atoms with van der Waals surface area (Å²) in [7, 11) is 0. The summed E-state index contributed by atoms with van der Waals surface area (Å²) >= 11 is 0. The number of piperidine rings is 1. The normalized spacial score (nSPS) is 23.2. The highest BCUT2D eigenvalue weighted by Gasteiger charge is 2.69. The van der Waals surface area contributed by atoms with Crippen LogP contribution < -0.4 is 10.6 Å². The second-order valence-electron chi connectivity index (χ2n) is 11.5. The minimum Gasteiger partial charge on any atom is -0.343 e. The maximum atomic E-state index is 13.8. The molecule has 2 fully saturated rings. The smallest absolute Gasteiger partial charge is 0.246 e. The highest BCUT2D eigenvalue weighted by atomic mass is 16.2. The Labute approximate surface area is 216 Å². The number of rotatable bonds is 6. The van der Waals surface area contributed by atoms with E-state index in [1.165, 1.54) is 11.1 Å². The van der Waals surface area contributed by atoms with Gasteiger partial charge >= 0.3 is 0 Å². The molecule has 1 saturated heterocycles. The molecule has 2 aromatic rings. The van der Waals surface area contributed by atoms with Crippen molar-refractivity contribution in [3.05, 3.63) is 36.3 Å². The first kappa shape index (κ1) is 26.0. The predicted molar refractivity (Wildman–Crippen MR) is 134 cm³/mol. The Morgan fingerprint density at radius 1 is 1.22 bits per heavy atom. The second kappa shape index (κ2) is 9.44. The Hall–Kier alpha value is -4.05. The summed E-state index contributed by atoms with van der Waals surface area (Å²) in [5.74, 6) is -1.29. The maximum Gasteiger partial charge on any atom is 0.246 e. The molecular weight excluding hydrogens is 470 g/mol. The van der Waals surface area contributed by atoms with E-state index in [9.17, 15) is 19.6 Å². The summed E-state index contributed by atoms with van der Waals surface area (Å²) in [6.07, 6.45) is 4.42. The monoisotopic (exact) mass is 501 g/mol. The first-order valence-electron chi connectivity index (χ1n) is 12.3. The molecule has 192 valence electrons. The number of hydrogen-bond acceptors (Lipinski definition) is 7. The summed E-state index contributed by atoms with van der Waals surface area (Å²) < 4.78 is 0. The van der Waals surface area contributed by atoms with Gasteiger partial charge in [-0.15, -0.1) is 0 Å². The molecule has 3 heterocycles. The van der Waals surface area contributed by atoms with Crippen molar-refractivity contribution in [2.24, 2.45) is 22.7 Å². The number of nitrogens with one attached hydrogen (secondary N) is 2. The predicted octanol–water partition coefficient (Wildman–Crippen LogP) is 2.24. The molecule has 2 aromatic heterocycles. The van der Waals surface area contributed by atoms with Crippen LogP contribution in [-0.2, 0) is 14.4 Å². The summed E-state index contributed by atoms with van der Waals surface area (Å²) in [5.41, 5.74) is 0.264. The molecule has 37 heavy (non-hydrogen) atoms. The molecule has 10 heteroatoms. The van der Waals surface area contributed by atoms with E-state index in [-0.39, 0.29) is 29.6 Å². The van der Waals surface area contributed by atoms with Crippen molar-refractivity contribution in [2.45, 2.75) is 59.2 Å². The molecular formula is C27H31N7O3. The Bertz CT molecular complexity index is 1330. The third kappa shape index (κ3) is 4.72. The molecule has 10 nitrogen and oxygen atoms in total. The minimum atomic E-state index is -1.01. The van der Waals surface area contributed by atoms with Crippen molar-refractivity contribution >= 4 is 28.6 Å². The topological polar surface area (TPSA) is 152 Å². The van der Waals surface area contributed by atoms with E-state index in [2.05, 4.69) is 40.5 Å². The molecule has 5 atom stereocenters.